The van der Waals surface area contributed by atoms with Crippen LogP contribution in [0, 0.1) is 0 Å². The fraction of sp³-hybridized carbons (Fsp3) is 0.500. The molecule has 1 amide bonds. The zero-order valence-corrected chi connectivity index (χ0v) is 13.0. The number of amides is 1. The third-order valence-electron chi connectivity index (χ3n) is 3.83. The van der Waals surface area contributed by atoms with Crippen LogP contribution < -0.4 is 4.74 Å². The van der Waals surface area contributed by atoms with E-state index < -0.39 is 0 Å². The van der Waals surface area contributed by atoms with Crippen LogP contribution in [0.25, 0.3) is 0 Å². The van der Waals surface area contributed by atoms with E-state index in [1.165, 1.54) is 7.11 Å². The number of benzene rings is 1. The van der Waals surface area contributed by atoms with Gasteiger partial charge < -0.3 is 14.4 Å². The van der Waals surface area contributed by atoms with Crippen molar-refractivity contribution in [3.63, 3.8) is 0 Å². The summed E-state index contributed by atoms with van der Waals surface area (Å²) in [4.78, 5) is 27.5. The third kappa shape index (κ3) is 4.21. The Morgan fingerprint density at radius 1 is 1.09 bits per heavy atom. The van der Waals surface area contributed by atoms with E-state index in [9.17, 15) is 9.59 Å². The van der Waals surface area contributed by atoms with Crippen molar-refractivity contribution in [1.29, 1.82) is 0 Å². The molecule has 0 N–H and O–H groups in total. The van der Waals surface area contributed by atoms with E-state index in [0.29, 0.717) is 25.4 Å². The van der Waals surface area contributed by atoms with Gasteiger partial charge in [0.25, 0.3) is 0 Å². The highest BCUT2D eigenvalue weighted by molar-refractivity contribution is 5.75. The fourth-order valence-electron chi connectivity index (χ4n) is 2.48. The number of para-hydroxylation sites is 1. The molecule has 1 saturated heterocycles. The zero-order chi connectivity index (χ0) is 15.9. The molecule has 1 aliphatic heterocycles. The molecule has 0 bridgehead atoms. The highest BCUT2D eigenvalue weighted by atomic mass is 16.6. The summed E-state index contributed by atoms with van der Waals surface area (Å²) >= 11 is 0. The minimum Gasteiger partial charge on any atom is -0.468 e. The van der Waals surface area contributed by atoms with E-state index in [0.717, 1.165) is 13.0 Å². The van der Waals surface area contributed by atoms with Crippen LogP contribution in [0.4, 0.5) is 4.79 Å². The van der Waals surface area contributed by atoms with E-state index >= 15 is 0 Å². The summed E-state index contributed by atoms with van der Waals surface area (Å²) < 4.78 is 10.1. The van der Waals surface area contributed by atoms with Gasteiger partial charge in [-0.3, -0.25) is 9.69 Å². The minimum absolute atomic E-state index is 0.250. The maximum Gasteiger partial charge on any atom is 0.415 e. The first kappa shape index (κ1) is 16.3. The Balaban J connectivity index is 1.90. The highest BCUT2D eigenvalue weighted by Gasteiger charge is 2.26. The van der Waals surface area contributed by atoms with Crippen molar-refractivity contribution in [3.8, 4) is 5.75 Å². The van der Waals surface area contributed by atoms with Gasteiger partial charge in [0.15, 0.2) is 0 Å². The molecule has 0 aliphatic carbocycles. The van der Waals surface area contributed by atoms with Crippen LogP contribution in [-0.2, 0) is 9.53 Å². The second-order valence-corrected chi connectivity index (χ2v) is 5.26. The first-order valence-corrected chi connectivity index (χ1v) is 7.45. The van der Waals surface area contributed by atoms with Crippen molar-refractivity contribution in [2.75, 3.05) is 33.3 Å². The smallest absolute Gasteiger partial charge is 0.415 e. The third-order valence-corrected chi connectivity index (χ3v) is 3.83. The number of carbonyl (C=O) groups is 2. The molecule has 120 valence electrons. The molecule has 6 heteroatoms. The Morgan fingerprint density at radius 3 is 2.50 bits per heavy atom. The van der Waals surface area contributed by atoms with E-state index in [4.69, 9.17) is 9.47 Å². The molecule has 22 heavy (non-hydrogen) atoms. The van der Waals surface area contributed by atoms with E-state index in [2.05, 4.69) is 0 Å². The number of carbonyl (C=O) groups excluding carboxylic acids is 2. The lowest BCUT2D eigenvalue weighted by Gasteiger charge is -2.25. The summed E-state index contributed by atoms with van der Waals surface area (Å²) in [6.07, 6.45) is 0.448. The molecule has 1 atom stereocenters. The van der Waals surface area contributed by atoms with Crippen LogP contribution in [0.3, 0.4) is 0 Å². The maximum absolute atomic E-state index is 12.2. The Bertz CT molecular complexity index is 506. The first-order chi connectivity index (χ1) is 10.6. The molecule has 1 aromatic rings. The van der Waals surface area contributed by atoms with E-state index in [-0.39, 0.29) is 18.1 Å². The molecule has 1 heterocycles. The number of ether oxygens (including phenoxy) is 2. The van der Waals surface area contributed by atoms with Gasteiger partial charge in [0.2, 0.25) is 0 Å². The van der Waals surface area contributed by atoms with E-state index in [1.807, 2.05) is 30.0 Å². The van der Waals surface area contributed by atoms with Crippen LogP contribution in [0.1, 0.15) is 13.3 Å². The van der Waals surface area contributed by atoms with E-state index in [1.54, 1.807) is 17.0 Å². The van der Waals surface area contributed by atoms with Crippen molar-refractivity contribution in [1.82, 2.24) is 9.80 Å². The number of hydrogen-bond donors (Lipinski definition) is 0. The SMILES string of the molecule is COC(=O)C(C)N1CCCN(C(=O)Oc2ccccc2)CC1. The highest BCUT2D eigenvalue weighted by Crippen LogP contribution is 2.13. The zero-order valence-electron chi connectivity index (χ0n) is 13.0. The predicted molar refractivity (Wildman–Crippen MR) is 81.7 cm³/mol. The van der Waals surface area contributed by atoms with Gasteiger partial charge in [0, 0.05) is 26.2 Å². The quantitative estimate of drug-likeness (QED) is 0.796. The molecule has 1 unspecified atom stereocenters. The van der Waals surface area contributed by atoms with Crippen molar-refractivity contribution in [3.05, 3.63) is 30.3 Å². The Labute approximate surface area is 130 Å². The molecule has 0 radical (unpaired) electrons. The van der Waals surface area contributed by atoms with Crippen LogP contribution in [0.15, 0.2) is 30.3 Å². The number of nitrogens with zero attached hydrogens (tertiary/aromatic N) is 2. The summed E-state index contributed by atoms with van der Waals surface area (Å²) in [6.45, 7) is 4.36. The maximum atomic E-state index is 12.2. The van der Waals surface area contributed by atoms with Crippen molar-refractivity contribution in [2.45, 2.75) is 19.4 Å². The number of rotatable bonds is 3. The molecule has 0 spiro atoms. The van der Waals surface area contributed by atoms with Crippen LogP contribution in [-0.4, -0.2) is 61.2 Å². The van der Waals surface area contributed by atoms with Gasteiger partial charge in [-0.1, -0.05) is 18.2 Å². The summed E-state index contributed by atoms with van der Waals surface area (Å²) in [7, 11) is 1.39. The number of esters is 1. The standard InChI is InChI=1S/C16H22N2O4/c1-13(15(19)21-2)17-9-6-10-18(12-11-17)16(20)22-14-7-4-3-5-8-14/h3-5,7-8,13H,6,9-12H2,1-2H3. The molecule has 1 aromatic carbocycles. The van der Waals surface area contributed by atoms with Crippen molar-refractivity contribution >= 4 is 12.1 Å². The normalized spacial score (nSPS) is 17.5. The molecular formula is C16H22N2O4. The largest absolute Gasteiger partial charge is 0.468 e. The monoisotopic (exact) mass is 306 g/mol. The van der Waals surface area contributed by atoms with Gasteiger partial charge in [-0.05, 0) is 25.5 Å². The topological polar surface area (TPSA) is 59.1 Å². The second-order valence-electron chi connectivity index (χ2n) is 5.26. The van der Waals surface area contributed by atoms with Crippen LogP contribution in [0.5, 0.6) is 5.75 Å². The molecular weight excluding hydrogens is 284 g/mol. The number of methoxy groups -OCH3 is 1. The minimum atomic E-state index is -0.348. The van der Waals surface area contributed by atoms with Gasteiger partial charge in [-0.15, -0.1) is 0 Å². The first-order valence-electron chi connectivity index (χ1n) is 7.45. The molecule has 2 rings (SSSR count). The van der Waals surface area contributed by atoms with Gasteiger partial charge >= 0.3 is 12.1 Å². The summed E-state index contributed by atoms with van der Waals surface area (Å²) in [6, 6.07) is 8.73. The predicted octanol–water partition coefficient (Wildman–Crippen LogP) is 1.75. The van der Waals surface area contributed by atoms with Crippen molar-refractivity contribution < 1.29 is 19.1 Å². The number of hydrogen-bond acceptors (Lipinski definition) is 5. The summed E-state index contributed by atoms with van der Waals surface area (Å²) in [5, 5.41) is 0. The Kier molecular flexibility index (Phi) is 5.77. The van der Waals surface area contributed by atoms with Crippen LogP contribution >= 0.6 is 0 Å². The van der Waals surface area contributed by atoms with Gasteiger partial charge in [0.05, 0.1) is 7.11 Å². The molecule has 1 aliphatic rings. The molecule has 0 saturated carbocycles. The van der Waals surface area contributed by atoms with Gasteiger partial charge in [-0.2, -0.15) is 0 Å². The lowest BCUT2D eigenvalue weighted by Crippen LogP contribution is -2.42. The van der Waals surface area contributed by atoms with Crippen LogP contribution in [0.2, 0.25) is 0 Å². The Morgan fingerprint density at radius 2 is 1.82 bits per heavy atom. The molecule has 0 aromatic heterocycles. The molecule has 1 fully saturated rings. The fourth-order valence-corrected chi connectivity index (χ4v) is 2.48. The average molecular weight is 306 g/mol. The molecule has 6 nitrogen and oxygen atoms in total. The summed E-state index contributed by atoms with van der Waals surface area (Å²) in [5.74, 6) is 0.289. The van der Waals surface area contributed by atoms with Gasteiger partial charge in [0.1, 0.15) is 11.8 Å². The lowest BCUT2D eigenvalue weighted by atomic mass is 10.2. The summed E-state index contributed by atoms with van der Waals surface area (Å²) in [5.41, 5.74) is 0. The Hall–Kier alpha value is -2.08. The average Bonchev–Trinajstić information content (AvgIpc) is 2.80. The second kappa shape index (κ2) is 7.79. The van der Waals surface area contributed by atoms with Gasteiger partial charge in [-0.25, -0.2) is 4.79 Å². The lowest BCUT2D eigenvalue weighted by molar-refractivity contribution is -0.146. The van der Waals surface area contributed by atoms with Crippen molar-refractivity contribution in [2.24, 2.45) is 0 Å².